The summed E-state index contributed by atoms with van der Waals surface area (Å²) in [7, 11) is 2.60. The molecule has 0 aliphatic rings. The number of anilines is 6. The zero-order chi connectivity index (χ0) is 39.9. The summed E-state index contributed by atoms with van der Waals surface area (Å²) in [6.07, 6.45) is -1.42. The number of hydrogen-bond acceptors (Lipinski definition) is 8. The first-order valence-electron chi connectivity index (χ1n) is 18.5. The van der Waals surface area contributed by atoms with Gasteiger partial charge in [-0.1, -0.05) is 48.5 Å². The van der Waals surface area contributed by atoms with Crippen LogP contribution in [0.5, 0.6) is 0 Å². The Morgan fingerprint density at radius 3 is 1.09 bits per heavy atom. The lowest BCUT2D eigenvalue weighted by atomic mass is 9.98. The van der Waals surface area contributed by atoms with Crippen LogP contribution < -0.4 is 9.80 Å². The molecule has 8 nitrogen and oxygen atoms in total. The van der Waals surface area contributed by atoms with Crippen LogP contribution >= 0.6 is 0 Å². The normalized spacial score (nSPS) is 10.8. The van der Waals surface area contributed by atoms with Crippen LogP contribution in [0.3, 0.4) is 0 Å². The minimum atomic E-state index is -0.708. The fraction of sp³-hybridized carbons (Fsp3) is 0.208. The van der Waals surface area contributed by atoms with Crippen LogP contribution in [-0.2, 0) is 32.2 Å². The maximum absolute atomic E-state index is 11.5. The van der Waals surface area contributed by atoms with E-state index in [9.17, 15) is 9.59 Å². The monoisotopic (exact) mass is 748 g/mol. The van der Waals surface area contributed by atoms with E-state index in [1.807, 2.05) is 48.5 Å². The molecule has 0 spiro atoms. The largest absolute Gasteiger partial charge is 0.508 e. The predicted molar refractivity (Wildman–Crippen MR) is 224 cm³/mol. The van der Waals surface area contributed by atoms with Crippen molar-refractivity contribution in [2.24, 2.45) is 0 Å². The molecule has 0 aliphatic heterocycles. The molecular weight excluding hydrogens is 701 g/mol. The van der Waals surface area contributed by atoms with Gasteiger partial charge in [0.05, 0.1) is 14.2 Å². The first-order chi connectivity index (χ1) is 26.9. The molecule has 0 saturated carbocycles. The minimum Gasteiger partial charge on any atom is -0.438 e. The van der Waals surface area contributed by atoms with Crippen LogP contribution in [0, 0.1) is 41.5 Å². The van der Waals surface area contributed by atoms with E-state index < -0.39 is 12.3 Å². The van der Waals surface area contributed by atoms with Crippen molar-refractivity contribution in [3.05, 3.63) is 166 Å². The second-order valence-corrected chi connectivity index (χ2v) is 14.0. The molecular formula is C48H48N2O6. The van der Waals surface area contributed by atoms with E-state index >= 15 is 0 Å². The first-order valence-corrected chi connectivity index (χ1v) is 18.5. The SMILES string of the molecule is COC(=O)OCc1ccc(N(c2ccc(C)c(C)c2)c2ccc(-c3ccc(N(c4ccc(COC(=O)OC)cc4)c4ccc(C)c(C)c4)c(C)c3)cc2C)cc1. The number of nitrogens with zero attached hydrogens (tertiary/aromatic N) is 2. The Balaban J connectivity index is 1.34. The zero-order valence-electron chi connectivity index (χ0n) is 33.3. The Labute approximate surface area is 329 Å². The lowest BCUT2D eigenvalue weighted by molar-refractivity contribution is 0.0660. The zero-order valence-corrected chi connectivity index (χ0v) is 33.3. The molecule has 0 bridgehead atoms. The highest BCUT2D eigenvalue weighted by Crippen LogP contribution is 2.41. The second-order valence-electron chi connectivity index (χ2n) is 14.0. The summed E-state index contributed by atoms with van der Waals surface area (Å²) in [4.78, 5) is 27.6. The first kappa shape index (κ1) is 39.2. The molecule has 6 aromatic carbocycles. The van der Waals surface area contributed by atoms with Gasteiger partial charge in [0.1, 0.15) is 13.2 Å². The summed E-state index contributed by atoms with van der Waals surface area (Å²) >= 11 is 0. The van der Waals surface area contributed by atoms with Crippen molar-refractivity contribution in [1.82, 2.24) is 0 Å². The Kier molecular flexibility index (Phi) is 12.1. The standard InChI is InChI=1S/C48H48N2O6/c1-31-9-17-43(27-33(31)3)49(41-19-11-37(12-20-41)29-55-47(51)53-7)45-23-15-39(25-35(45)5)40-16-24-46(36(6)26-40)50(44-18-10-32(2)34(4)28-44)42-21-13-38(14-22-42)30-56-48(52)54-8/h9-28H,29-30H2,1-8H3. The molecule has 0 saturated heterocycles. The lowest BCUT2D eigenvalue weighted by Gasteiger charge is -2.29. The molecule has 0 unspecified atom stereocenters. The van der Waals surface area contributed by atoms with Gasteiger partial charge in [-0.25, -0.2) is 9.59 Å². The van der Waals surface area contributed by atoms with Gasteiger partial charge in [0.15, 0.2) is 0 Å². The van der Waals surface area contributed by atoms with E-state index in [0.29, 0.717) is 0 Å². The number of benzene rings is 6. The molecule has 0 fully saturated rings. The van der Waals surface area contributed by atoms with E-state index in [2.05, 4.69) is 134 Å². The molecule has 0 atom stereocenters. The molecule has 0 amide bonds. The Morgan fingerprint density at radius 1 is 0.411 bits per heavy atom. The average molecular weight is 749 g/mol. The van der Waals surface area contributed by atoms with Crippen molar-refractivity contribution in [2.45, 2.75) is 54.8 Å². The van der Waals surface area contributed by atoms with E-state index in [-0.39, 0.29) is 13.2 Å². The van der Waals surface area contributed by atoms with Gasteiger partial charge >= 0.3 is 12.3 Å². The quantitative estimate of drug-likeness (QED) is 0.121. The van der Waals surface area contributed by atoms with Gasteiger partial charge in [-0.2, -0.15) is 0 Å². The number of methoxy groups -OCH3 is 2. The van der Waals surface area contributed by atoms with Crippen molar-refractivity contribution < 1.29 is 28.5 Å². The van der Waals surface area contributed by atoms with Gasteiger partial charge in [0.25, 0.3) is 0 Å². The third kappa shape index (κ3) is 8.87. The number of aryl methyl sites for hydroxylation is 6. The Bertz CT molecular complexity index is 2180. The summed E-state index contributed by atoms with van der Waals surface area (Å²) in [5, 5.41) is 0. The van der Waals surface area contributed by atoms with E-state index in [4.69, 9.17) is 9.47 Å². The van der Waals surface area contributed by atoms with E-state index in [1.165, 1.54) is 36.5 Å². The van der Waals surface area contributed by atoms with E-state index in [1.54, 1.807) is 0 Å². The molecule has 0 aliphatic carbocycles. The summed E-state index contributed by atoms with van der Waals surface area (Å²) in [6.45, 7) is 13.1. The average Bonchev–Trinajstić information content (AvgIpc) is 3.20. The van der Waals surface area contributed by atoms with Crippen LogP contribution in [0.15, 0.2) is 121 Å². The van der Waals surface area contributed by atoms with Crippen LogP contribution in [0.2, 0.25) is 0 Å². The van der Waals surface area contributed by atoms with Crippen LogP contribution in [0.25, 0.3) is 11.1 Å². The van der Waals surface area contributed by atoms with Crippen molar-refractivity contribution >= 4 is 46.4 Å². The Morgan fingerprint density at radius 2 is 0.768 bits per heavy atom. The van der Waals surface area contributed by atoms with Crippen molar-refractivity contribution in [3.8, 4) is 11.1 Å². The van der Waals surface area contributed by atoms with Crippen molar-refractivity contribution in [2.75, 3.05) is 24.0 Å². The van der Waals surface area contributed by atoms with Gasteiger partial charge in [0, 0.05) is 34.1 Å². The van der Waals surface area contributed by atoms with Gasteiger partial charge < -0.3 is 28.7 Å². The topological polar surface area (TPSA) is 77.5 Å². The van der Waals surface area contributed by atoms with E-state index in [0.717, 1.165) is 67.5 Å². The van der Waals surface area contributed by atoms with Crippen LogP contribution in [0.4, 0.5) is 43.7 Å². The predicted octanol–water partition coefficient (Wildman–Crippen LogP) is 12.7. The highest BCUT2D eigenvalue weighted by molar-refractivity contribution is 5.83. The maximum atomic E-state index is 11.5. The highest BCUT2D eigenvalue weighted by Gasteiger charge is 2.19. The van der Waals surface area contributed by atoms with Crippen LogP contribution in [0.1, 0.15) is 44.5 Å². The Hall–Kier alpha value is -6.54. The van der Waals surface area contributed by atoms with Crippen LogP contribution in [-0.4, -0.2) is 26.5 Å². The van der Waals surface area contributed by atoms with Gasteiger partial charge in [-0.05, 0) is 170 Å². The fourth-order valence-corrected chi connectivity index (χ4v) is 6.64. The third-order valence-electron chi connectivity index (χ3n) is 10.1. The molecule has 56 heavy (non-hydrogen) atoms. The highest BCUT2D eigenvalue weighted by atomic mass is 16.7. The summed E-state index contributed by atoms with van der Waals surface area (Å²) in [5.74, 6) is 0. The summed E-state index contributed by atoms with van der Waals surface area (Å²) in [5.41, 5.74) is 17.3. The third-order valence-corrected chi connectivity index (χ3v) is 10.1. The molecule has 0 aromatic heterocycles. The molecule has 6 aromatic rings. The second kappa shape index (κ2) is 17.3. The number of hydrogen-bond donors (Lipinski definition) is 0. The molecule has 8 heteroatoms. The number of ether oxygens (including phenoxy) is 4. The fourth-order valence-electron chi connectivity index (χ4n) is 6.64. The molecule has 0 heterocycles. The summed E-state index contributed by atoms with van der Waals surface area (Å²) in [6, 6.07) is 42.3. The smallest absolute Gasteiger partial charge is 0.438 e. The van der Waals surface area contributed by atoms with Crippen molar-refractivity contribution in [3.63, 3.8) is 0 Å². The van der Waals surface area contributed by atoms with Crippen molar-refractivity contribution in [1.29, 1.82) is 0 Å². The number of carbonyl (C=O) groups excluding carboxylic acids is 2. The number of rotatable bonds is 11. The molecule has 6 rings (SSSR count). The van der Waals surface area contributed by atoms with Gasteiger partial charge in [-0.3, -0.25) is 0 Å². The lowest BCUT2D eigenvalue weighted by Crippen LogP contribution is -2.12. The molecule has 0 radical (unpaired) electrons. The number of carbonyl (C=O) groups is 2. The minimum absolute atomic E-state index is 0.130. The summed E-state index contributed by atoms with van der Waals surface area (Å²) < 4.78 is 19.6. The van der Waals surface area contributed by atoms with Gasteiger partial charge in [-0.15, -0.1) is 0 Å². The molecule has 0 N–H and O–H groups in total. The molecule has 286 valence electrons. The van der Waals surface area contributed by atoms with Gasteiger partial charge in [0.2, 0.25) is 0 Å². The maximum Gasteiger partial charge on any atom is 0.508 e.